The number of aromatic nitrogens is 3. The summed E-state index contributed by atoms with van der Waals surface area (Å²) >= 11 is 12.4. The minimum absolute atomic E-state index is 0.0221. The van der Waals surface area contributed by atoms with E-state index in [1.54, 1.807) is 48.5 Å². The highest BCUT2D eigenvalue weighted by atomic mass is 35.5. The topological polar surface area (TPSA) is 132 Å². The van der Waals surface area contributed by atoms with Gasteiger partial charge in [0.1, 0.15) is 0 Å². The summed E-state index contributed by atoms with van der Waals surface area (Å²) in [5, 5.41) is 11.3. The number of carbonyl (C=O) groups excluding carboxylic acids is 2. The predicted octanol–water partition coefficient (Wildman–Crippen LogP) is 6.04. The number of ketones is 1. The second-order valence-electron chi connectivity index (χ2n) is 10.7. The van der Waals surface area contributed by atoms with Crippen LogP contribution in [0, 0.1) is 6.92 Å². The molecule has 0 bridgehead atoms. The molecule has 42 heavy (non-hydrogen) atoms. The molecule has 220 valence electrons. The molecule has 0 spiro atoms. The van der Waals surface area contributed by atoms with Crippen LogP contribution in [0.3, 0.4) is 0 Å². The number of hydrogen-bond donors (Lipinski definition) is 2. The normalized spacial score (nSPS) is 11.7. The monoisotopic (exact) mass is 629 g/mol. The van der Waals surface area contributed by atoms with Crippen LogP contribution in [0.15, 0.2) is 54.7 Å². The molecule has 0 aliphatic carbocycles. The van der Waals surface area contributed by atoms with Crippen molar-refractivity contribution >= 4 is 56.3 Å². The van der Waals surface area contributed by atoms with Gasteiger partial charge in [-0.3, -0.25) is 14.3 Å². The number of carbonyl (C=O) groups is 2. The molecular formula is C29H29Cl2N5O5S. The Labute approximate surface area is 254 Å². The smallest absolute Gasteiger partial charge is 0.255 e. The van der Waals surface area contributed by atoms with Crippen LogP contribution in [0.25, 0.3) is 5.69 Å². The summed E-state index contributed by atoms with van der Waals surface area (Å²) in [4.78, 5) is 26.5. The van der Waals surface area contributed by atoms with Gasteiger partial charge in [0, 0.05) is 5.56 Å². The molecule has 13 heteroatoms. The minimum Gasteiger partial charge on any atom is -0.492 e. The fourth-order valence-corrected chi connectivity index (χ4v) is 5.29. The first-order valence-electron chi connectivity index (χ1n) is 12.6. The number of nitrogens with one attached hydrogen (secondary N) is 2. The third-order valence-electron chi connectivity index (χ3n) is 6.34. The van der Waals surface area contributed by atoms with Gasteiger partial charge in [0.05, 0.1) is 52.2 Å². The standard InChI is InChI=1S/C29H29Cl2N5O5S/c1-16-10-11-17(12-24(16)36-15-23(33-35-36)26(37)25-19(30)8-7-9-20(25)31)28(38)32-21-13-18(29(2,3)4)14-22(27(21)41-5)34-42(6,39)40/h7-15,34H,1-6H3,(H,32,38). The fraction of sp³-hybridized carbons (Fsp3) is 0.241. The van der Waals surface area contributed by atoms with Crippen molar-refractivity contribution in [1.29, 1.82) is 0 Å². The molecule has 4 rings (SSSR count). The minimum atomic E-state index is -3.63. The van der Waals surface area contributed by atoms with Crippen molar-refractivity contribution in [1.82, 2.24) is 15.0 Å². The SMILES string of the molecule is COc1c(NC(=O)c2ccc(C)c(-n3cc(C(=O)c4c(Cl)cccc4Cl)nn3)c2)cc(C(C)(C)C)cc1NS(C)(=O)=O. The summed E-state index contributed by atoms with van der Waals surface area (Å²) in [6.45, 7) is 7.72. The molecule has 0 atom stereocenters. The molecule has 0 saturated carbocycles. The number of aryl methyl sites for hydroxylation is 1. The molecule has 0 aliphatic rings. The van der Waals surface area contributed by atoms with Crippen LogP contribution in [-0.4, -0.2) is 48.5 Å². The number of nitrogens with zero attached hydrogens (tertiary/aromatic N) is 3. The highest BCUT2D eigenvalue weighted by Gasteiger charge is 2.24. The number of hydrogen-bond acceptors (Lipinski definition) is 7. The third-order valence-corrected chi connectivity index (χ3v) is 7.56. The summed E-state index contributed by atoms with van der Waals surface area (Å²) in [6.07, 6.45) is 2.47. The maximum atomic E-state index is 13.5. The molecule has 2 N–H and O–H groups in total. The molecule has 0 saturated heterocycles. The van der Waals surface area contributed by atoms with Crippen LogP contribution >= 0.6 is 23.2 Å². The summed E-state index contributed by atoms with van der Waals surface area (Å²) in [6, 6.07) is 13.1. The van der Waals surface area contributed by atoms with E-state index in [0.29, 0.717) is 5.69 Å². The zero-order valence-electron chi connectivity index (χ0n) is 23.7. The van der Waals surface area contributed by atoms with Crippen molar-refractivity contribution in [2.75, 3.05) is 23.4 Å². The largest absolute Gasteiger partial charge is 0.492 e. The average molecular weight is 631 g/mol. The second-order valence-corrected chi connectivity index (χ2v) is 13.2. The van der Waals surface area contributed by atoms with Crippen molar-refractivity contribution in [2.45, 2.75) is 33.1 Å². The Morgan fingerprint density at radius 1 is 1.00 bits per heavy atom. The first-order chi connectivity index (χ1) is 19.6. The zero-order valence-corrected chi connectivity index (χ0v) is 26.1. The highest BCUT2D eigenvalue weighted by Crippen LogP contribution is 2.39. The fourth-order valence-electron chi connectivity index (χ4n) is 4.17. The van der Waals surface area contributed by atoms with E-state index in [1.165, 1.54) is 18.0 Å². The van der Waals surface area contributed by atoms with E-state index in [0.717, 1.165) is 17.4 Å². The van der Waals surface area contributed by atoms with E-state index in [9.17, 15) is 18.0 Å². The van der Waals surface area contributed by atoms with Crippen molar-refractivity contribution in [2.24, 2.45) is 0 Å². The van der Waals surface area contributed by atoms with Crippen LogP contribution < -0.4 is 14.8 Å². The van der Waals surface area contributed by atoms with Crippen molar-refractivity contribution in [3.63, 3.8) is 0 Å². The van der Waals surface area contributed by atoms with E-state index in [4.69, 9.17) is 27.9 Å². The second kappa shape index (κ2) is 11.7. The lowest BCUT2D eigenvalue weighted by Crippen LogP contribution is -2.18. The van der Waals surface area contributed by atoms with E-state index in [1.807, 2.05) is 27.7 Å². The van der Waals surface area contributed by atoms with Crippen LogP contribution in [0.4, 0.5) is 11.4 Å². The molecule has 0 fully saturated rings. The van der Waals surface area contributed by atoms with E-state index in [2.05, 4.69) is 20.4 Å². The van der Waals surface area contributed by atoms with E-state index >= 15 is 0 Å². The van der Waals surface area contributed by atoms with Gasteiger partial charge in [0.25, 0.3) is 5.91 Å². The Bertz CT molecular complexity index is 1790. The number of rotatable bonds is 8. The Kier molecular flexibility index (Phi) is 8.68. The van der Waals surface area contributed by atoms with Crippen LogP contribution in [0.2, 0.25) is 10.0 Å². The van der Waals surface area contributed by atoms with Gasteiger partial charge in [-0.25, -0.2) is 13.1 Å². The quantitative estimate of drug-likeness (QED) is 0.227. The highest BCUT2D eigenvalue weighted by molar-refractivity contribution is 7.92. The molecule has 10 nitrogen and oxygen atoms in total. The van der Waals surface area contributed by atoms with Gasteiger partial charge >= 0.3 is 0 Å². The Balaban J connectivity index is 1.69. The summed E-state index contributed by atoms with van der Waals surface area (Å²) in [7, 11) is -2.25. The number of anilines is 2. The summed E-state index contributed by atoms with van der Waals surface area (Å²) in [5.74, 6) is -0.815. The Morgan fingerprint density at radius 3 is 2.24 bits per heavy atom. The van der Waals surface area contributed by atoms with Gasteiger partial charge in [-0.2, -0.15) is 0 Å². The van der Waals surface area contributed by atoms with Crippen LogP contribution in [-0.2, 0) is 15.4 Å². The Hall–Kier alpha value is -3.93. The lowest BCUT2D eigenvalue weighted by atomic mass is 9.86. The number of halogens is 2. The predicted molar refractivity (Wildman–Crippen MR) is 164 cm³/mol. The molecule has 1 heterocycles. The summed E-state index contributed by atoms with van der Waals surface area (Å²) < 4.78 is 33.4. The number of benzene rings is 3. The van der Waals surface area contributed by atoms with Gasteiger partial charge < -0.3 is 10.1 Å². The van der Waals surface area contributed by atoms with Crippen LogP contribution in [0.5, 0.6) is 5.75 Å². The Morgan fingerprint density at radius 2 is 1.64 bits per heavy atom. The maximum absolute atomic E-state index is 13.5. The molecule has 0 unspecified atom stereocenters. The molecular weight excluding hydrogens is 601 g/mol. The molecule has 1 amide bonds. The number of amides is 1. The van der Waals surface area contributed by atoms with E-state index in [-0.39, 0.29) is 49.4 Å². The molecule has 0 aliphatic heterocycles. The van der Waals surface area contributed by atoms with E-state index < -0.39 is 21.7 Å². The van der Waals surface area contributed by atoms with Gasteiger partial charge in [0.2, 0.25) is 15.8 Å². The molecule has 1 aromatic heterocycles. The lowest BCUT2D eigenvalue weighted by Gasteiger charge is -2.24. The van der Waals surface area contributed by atoms with Gasteiger partial charge in [-0.05, 0) is 59.9 Å². The van der Waals surface area contributed by atoms with Crippen LogP contribution in [0.1, 0.15) is 58.3 Å². The molecule has 0 radical (unpaired) electrons. The molecule has 4 aromatic rings. The first kappa shape index (κ1) is 31.0. The maximum Gasteiger partial charge on any atom is 0.255 e. The average Bonchev–Trinajstić information content (AvgIpc) is 3.37. The molecule has 3 aromatic carbocycles. The number of sulfonamides is 1. The summed E-state index contributed by atoms with van der Waals surface area (Å²) in [5.41, 5.74) is 2.57. The number of ether oxygens (including phenoxy) is 1. The van der Waals surface area contributed by atoms with Gasteiger partial charge in [0.15, 0.2) is 11.4 Å². The third kappa shape index (κ3) is 6.75. The number of methoxy groups -OCH3 is 1. The van der Waals surface area contributed by atoms with Crippen molar-refractivity contribution in [3.8, 4) is 11.4 Å². The zero-order chi connectivity index (χ0) is 31.0. The van der Waals surface area contributed by atoms with Gasteiger partial charge in [-0.15, -0.1) is 5.10 Å². The van der Waals surface area contributed by atoms with Gasteiger partial charge in [-0.1, -0.05) is 61.3 Å². The lowest BCUT2D eigenvalue weighted by molar-refractivity contribution is 0.102. The first-order valence-corrected chi connectivity index (χ1v) is 15.3. The van der Waals surface area contributed by atoms with Crippen molar-refractivity contribution < 1.29 is 22.7 Å². The van der Waals surface area contributed by atoms with Crippen molar-refractivity contribution in [3.05, 3.63) is 92.7 Å².